The van der Waals surface area contributed by atoms with Crippen LogP contribution in [0, 0.1) is 6.92 Å². The first-order valence-electron chi connectivity index (χ1n) is 6.64. The molecule has 17 heavy (non-hydrogen) atoms. The zero-order valence-electron chi connectivity index (χ0n) is 10.9. The van der Waals surface area contributed by atoms with E-state index in [2.05, 4.69) is 34.4 Å². The highest BCUT2D eigenvalue weighted by molar-refractivity contribution is 7.09. The maximum absolute atomic E-state index is 4.56. The van der Waals surface area contributed by atoms with E-state index in [9.17, 15) is 0 Å². The second-order valence-corrected chi connectivity index (χ2v) is 5.95. The number of aromatic nitrogens is 1. The summed E-state index contributed by atoms with van der Waals surface area (Å²) in [5, 5.41) is 7.02. The van der Waals surface area contributed by atoms with Crippen LogP contribution in [0.25, 0.3) is 0 Å². The monoisotopic (exact) mass is 253 g/mol. The van der Waals surface area contributed by atoms with Crippen LogP contribution in [-0.2, 0) is 6.54 Å². The first-order valence-corrected chi connectivity index (χ1v) is 7.52. The summed E-state index contributed by atoms with van der Waals surface area (Å²) in [7, 11) is 0. The van der Waals surface area contributed by atoms with E-state index in [1.54, 1.807) is 11.3 Å². The van der Waals surface area contributed by atoms with E-state index in [-0.39, 0.29) is 0 Å². The minimum Gasteiger partial charge on any atom is -0.313 e. The van der Waals surface area contributed by atoms with Gasteiger partial charge in [0.1, 0.15) is 0 Å². The highest BCUT2D eigenvalue weighted by Gasteiger charge is 2.17. The molecular weight excluding hydrogens is 230 g/mol. The molecule has 1 atom stereocenters. The van der Waals surface area contributed by atoms with Crippen LogP contribution >= 0.6 is 11.3 Å². The molecule has 3 nitrogen and oxygen atoms in total. The third kappa shape index (κ3) is 4.05. The summed E-state index contributed by atoms with van der Waals surface area (Å²) in [6, 6.07) is 0.669. The first-order chi connectivity index (χ1) is 8.28. The van der Waals surface area contributed by atoms with Gasteiger partial charge in [-0.2, -0.15) is 0 Å². The molecule has 0 amide bonds. The molecule has 0 aromatic carbocycles. The minimum absolute atomic E-state index is 0.669. The van der Waals surface area contributed by atoms with E-state index < -0.39 is 0 Å². The predicted molar refractivity (Wildman–Crippen MR) is 73.4 cm³/mol. The van der Waals surface area contributed by atoms with Gasteiger partial charge in [0.25, 0.3) is 0 Å². The van der Waals surface area contributed by atoms with Gasteiger partial charge in [-0.25, -0.2) is 4.98 Å². The Hall–Kier alpha value is -0.450. The highest BCUT2D eigenvalue weighted by atomic mass is 32.1. The van der Waals surface area contributed by atoms with Gasteiger partial charge < -0.3 is 5.32 Å². The Morgan fingerprint density at radius 3 is 3.18 bits per heavy atom. The van der Waals surface area contributed by atoms with Crippen LogP contribution in [0.5, 0.6) is 0 Å². The zero-order valence-corrected chi connectivity index (χ0v) is 11.7. The van der Waals surface area contributed by atoms with Gasteiger partial charge in [0.05, 0.1) is 10.7 Å². The Balaban J connectivity index is 1.90. The second-order valence-electron chi connectivity index (χ2n) is 4.89. The maximum Gasteiger partial charge on any atom is 0.0897 e. The molecule has 1 N–H and O–H groups in total. The summed E-state index contributed by atoms with van der Waals surface area (Å²) < 4.78 is 0. The van der Waals surface area contributed by atoms with E-state index >= 15 is 0 Å². The third-order valence-corrected chi connectivity index (χ3v) is 4.07. The normalized spacial score (nSPS) is 22.6. The molecule has 1 aliphatic heterocycles. The molecule has 0 aliphatic carbocycles. The van der Waals surface area contributed by atoms with Gasteiger partial charge in [-0.3, -0.25) is 4.90 Å². The van der Waals surface area contributed by atoms with Crippen molar-refractivity contribution in [1.82, 2.24) is 15.2 Å². The zero-order chi connectivity index (χ0) is 12.1. The van der Waals surface area contributed by atoms with Crippen LogP contribution in [0.4, 0.5) is 0 Å². The number of nitrogens with zero attached hydrogens (tertiary/aromatic N) is 2. The Morgan fingerprint density at radius 1 is 1.59 bits per heavy atom. The smallest absolute Gasteiger partial charge is 0.0897 e. The molecular formula is C13H23N3S. The molecule has 4 heteroatoms. The van der Waals surface area contributed by atoms with Crippen molar-refractivity contribution in [3.05, 3.63) is 16.1 Å². The maximum atomic E-state index is 4.56. The SMILES string of the molecule is CCCC1CN(Cc2csc(C)n2)CCCN1. The number of thiazole rings is 1. The lowest BCUT2D eigenvalue weighted by molar-refractivity contribution is 0.252. The first kappa shape index (κ1) is 13.0. The molecule has 1 unspecified atom stereocenters. The van der Waals surface area contributed by atoms with Gasteiger partial charge in [0.2, 0.25) is 0 Å². The predicted octanol–water partition coefficient (Wildman–Crippen LogP) is 2.42. The summed E-state index contributed by atoms with van der Waals surface area (Å²) in [6.07, 6.45) is 3.80. The average Bonchev–Trinajstić information content (AvgIpc) is 2.58. The van der Waals surface area contributed by atoms with Crippen molar-refractivity contribution >= 4 is 11.3 Å². The van der Waals surface area contributed by atoms with Crippen molar-refractivity contribution in [3.63, 3.8) is 0 Å². The standard InChI is InChI=1S/C13H23N3S/c1-3-5-12-8-16(7-4-6-14-12)9-13-10-17-11(2)15-13/h10,12,14H,3-9H2,1-2H3. The number of hydrogen-bond donors (Lipinski definition) is 1. The molecule has 0 spiro atoms. The van der Waals surface area contributed by atoms with Crippen molar-refractivity contribution in [2.45, 2.75) is 45.7 Å². The molecule has 0 saturated carbocycles. The number of rotatable bonds is 4. The Labute approximate surface area is 108 Å². The van der Waals surface area contributed by atoms with Gasteiger partial charge >= 0.3 is 0 Å². The van der Waals surface area contributed by atoms with Crippen molar-refractivity contribution in [3.8, 4) is 0 Å². The van der Waals surface area contributed by atoms with Gasteiger partial charge in [0.15, 0.2) is 0 Å². The molecule has 0 radical (unpaired) electrons. The second kappa shape index (κ2) is 6.47. The van der Waals surface area contributed by atoms with Gasteiger partial charge in [-0.15, -0.1) is 11.3 Å². The largest absolute Gasteiger partial charge is 0.313 e. The molecule has 0 bridgehead atoms. The molecule has 1 fully saturated rings. The molecule has 1 saturated heterocycles. The van der Waals surface area contributed by atoms with E-state index in [4.69, 9.17) is 0 Å². The summed E-state index contributed by atoms with van der Waals surface area (Å²) in [5.74, 6) is 0. The number of aryl methyl sites for hydroxylation is 1. The average molecular weight is 253 g/mol. The van der Waals surface area contributed by atoms with Crippen LogP contribution in [-0.4, -0.2) is 35.6 Å². The van der Waals surface area contributed by atoms with Gasteiger partial charge in [-0.05, 0) is 32.9 Å². The van der Waals surface area contributed by atoms with Crippen LogP contribution in [0.2, 0.25) is 0 Å². The Morgan fingerprint density at radius 2 is 2.47 bits per heavy atom. The molecule has 2 rings (SSSR count). The molecule has 2 heterocycles. The van der Waals surface area contributed by atoms with Crippen LogP contribution in [0.1, 0.15) is 36.9 Å². The van der Waals surface area contributed by atoms with E-state index in [0.717, 1.165) is 13.1 Å². The summed E-state index contributed by atoms with van der Waals surface area (Å²) in [6.45, 7) is 8.90. The van der Waals surface area contributed by atoms with Crippen molar-refractivity contribution in [2.24, 2.45) is 0 Å². The van der Waals surface area contributed by atoms with Gasteiger partial charge in [0, 0.05) is 24.5 Å². The van der Waals surface area contributed by atoms with E-state index in [1.165, 1.54) is 43.1 Å². The Kier molecular flexibility index (Phi) is 4.95. The lowest BCUT2D eigenvalue weighted by atomic mass is 10.1. The summed E-state index contributed by atoms with van der Waals surface area (Å²) in [5.41, 5.74) is 1.24. The van der Waals surface area contributed by atoms with Crippen molar-refractivity contribution in [1.29, 1.82) is 0 Å². The summed E-state index contributed by atoms with van der Waals surface area (Å²) >= 11 is 1.76. The minimum atomic E-state index is 0.669. The molecule has 1 aromatic heterocycles. The lowest BCUT2D eigenvalue weighted by Crippen LogP contribution is -2.37. The summed E-state index contributed by atoms with van der Waals surface area (Å²) in [4.78, 5) is 7.11. The lowest BCUT2D eigenvalue weighted by Gasteiger charge is -2.23. The third-order valence-electron chi connectivity index (χ3n) is 3.25. The van der Waals surface area contributed by atoms with E-state index in [0.29, 0.717) is 6.04 Å². The van der Waals surface area contributed by atoms with Crippen molar-refractivity contribution in [2.75, 3.05) is 19.6 Å². The van der Waals surface area contributed by atoms with Crippen molar-refractivity contribution < 1.29 is 0 Å². The Bertz CT molecular complexity index is 337. The van der Waals surface area contributed by atoms with Crippen LogP contribution in [0.15, 0.2) is 5.38 Å². The fourth-order valence-electron chi connectivity index (χ4n) is 2.47. The number of hydrogen-bond acceptors (Lipinski definition) is 4. The topological polar surface area (TPSA) is 28.2 Å². The molecule has 96 valence electrons. The van der Waals surface area contributed by atoms with Crippen LogP contribution in [0.3, 0.4) is 0 Å². The molecule has 1 aliphatic rings. The van der Waals surface area contributed by atoms with Crippen LogP contribution < -0.4 is 5.32 Å². The quantitative estimate of drug-likeness (QED) is 0.893. The van der Waals surface area contributed by atoms with E-state index in [1.807, 2.05) is 0 Å². The fourth-order valence-corrected chi connectivity index (χ4v) is 3.08. The highest BCUT2D eigenvalue weighted by Crippen LogP contribution is 2.13. The van der Waals surface area contributed by atoms with Gasteiger partial charge in [-0.1, -0.05) is 13.3 Å². The molecule has 1 aromatic rings. The number of nitrogens with one attached hydrogen (secondary N) is 1. The fraction of sp³-hybridized carbons (Fsp3) is 0.769.